The van der Waals surface area contributed by atoms with E-state index in [2.05, 4.69) is 5.32 Å². The Kier molecular flexibility index (Phi) is 4.95. The standard InChI is InChI=1S/C16H17F3N2O2/c17-16(18,19)12-5-3-4-11(8-12)13(22)9-21-14(23)15(10-20)6-1-2-7-15/h3-5,8,13,22H,1-2,6-7,9H2,(H,21,23). The third-order valence-corrected chi connectivity index (χ3v) is 4.16. The second kappa shape index (κ2) is 6.59. The fourth-order valence-corrected chi connectivity index (χ4v) is 2.77. The minimum atomic E-state index is -4.49. The molecule has 1 atom stereocenters. The van der Waals surface area contributed by atoms with Crippen LogP contribution >= 0.6 is 0 Å². The molecule has 4 nitrogen and oxygen atoms in total. The van der Waals surface area contributed by atoms with Gasteiger partial charge in [0.1, 0.15) is 5.41 Å². The molecule has 7 heteroatoms. The molecule has 0 aliphatic heterocycles. The molecular formula is C16H17F3N2O2. The van der Waals surface area contributed by atoms with Crippen molar-refractivity contribution in [3.63, 3.8) is 0 Å². The number of amides is 1. The Morgan fingerprint density at radius 1 is 1.39 bits per heavy atom. The van der Waals surface area contributed by atoms with Crippen LogP contribution in [0.15, 0.2) is 24.3 Å². The van der Waals surface area contributed by atoms with Gasteiger partial charge in [0.05, 0.1) is 17.7 Å². The van der Waals surface area contributed by atoms with E-state index in [9.17, 15) is 28.3 Å². The quantitative estimate of drug-likeness (QED) is 0.893. The van der Waals surface area contributed by atoms with E-state index in [4.69, 9.17) is 0 Å². The number of nitrogens with one attached hydrogen (secondary N) is 1. The number of carbonyl (C=O) groups is 1. The van der Waals surface area contributed by atoms with Gasteiger partial charge >= 0.3 is 6.18 Å². The van der Waals surface area contributed by atoms with Crippen LogP contribution in [-0.2, 0) is 11.0 Å². The average Bonchev–Trinajstić information content (AvgIpc) is 3.02. The van der Waals surface area contributed by atoms with Gasteiger partial charge in [-0.05, 0) is 30.5 Å². The van der Waals surface area contributed by atoms with Gasteiger partial charge in [0.25, 0.3) is 0 Å². The summed E-state index contributed by atoms with van der Waals surface area (Å²) < 4.78 is 38.0. The Morgan fingerprint density at radius 3 is 2.61 bits per heavy atom. The van der Waals surface area contributed by atoms with Gasteiger partial charge in [-0.3, -0.25) is 4.79 Å². The number of hydrogen-bond acceptors (Lipinski definition) is 3. The smallest absolute Gasteiger partial charge is 0.387 e. The molecule has 1 fully saturated rings. The number of nitrogens with zero attached hydrogens (tertiary/aromatic N) is 1. The number of halogens is 3. The van der Waals surface area contributed by atoms with E-state index >= 15 is 0 Å². The molecule has 2 rings (SSSR count). The van der Waals surface area contributed by atoms with Crippen LogP contribution in [0.4, 0.5) is 13.2 Å². The summed E-state index contributed by atoms with van der Waals surface area (Å²) in [5, 5.41) is 21.7. The number of nitriles is 1. The number of rotatable bonds is 4. The third-order valence-electron chi connectivity index (χ3n) is 4.16. The van der Waals surface area contributed by atoms with E-state index in [0.717, 1.165) is 25.0 Å². The summed E-state index contributed by atoms with van der Waals surface area (Å²) in [6, 6.07) is 6.36. The normalized spacial score (nSPS) is 18.2. The molecule has 1 aliphatic carbocycles. The molecule has 124 valence electrons. The van der Waals surface area contributed by atoms with Crippen LogP contribution < -0.4 is 5.32 Å². The minimum Gasteiger partial charge on any atom is -0.387 e. The molecule has 0 aromatic heterocycles. The van der Waals surface area contributed by atoms with Crippen LogP contribution in [0.25, 0.3) is 0 Å². The molecule has 0 radical (unpaired) electrons. The Labute approximate surface area is 131 Å². The Morgan fingerprint density at radius 2 is 2.04 bits per heavy atom. The molecule has 23 heavy (non-hydrogen) atoms. The zero-order chi connectivity index (χ0) is 17.1. The summed E-state index contributed by atoms with van der Waals surface area (Å²) in [7, 11) is 0. The lowest BCUT2D eigenvalue weighted by molar-refractivity contribution is -0.137. The summed E-state index contributed by atoms with van der Waals surface area (Å²) in [6.45, 7) is -0.233. The van der Waals surface area contributed by atoms with E-state index in [1.807, 2.05) is 6.07 Å². The molecule has 1 amide bonds. The van der Waals surface area contributed by atoms with Gasteiger partial charge in [0, 0.05) is 6.54 Å². The first-order valence-corrected chi connectivity index (χ1v) is 7.33. The van der Waals surface area contributed by atoms with Gasteiger partial charge in [-0.2, -0.15) is 18.4 Å². The Bertz CT molecular complexity index is 616. The SMILES string of the molecule is N#CC1(C(=O)NCC(O)c2cccc(C(F)(F)F)c2)CCCC1. The van der Waals surface area contributed by atoms with Crippen molar-refractivity contribution >= 4 is 5.91 Å². The highest BCUT2D eigenvalue weighted by molar-refractivity contribution is 5.85. The van der Waals surface area contributed by atoms with Crippen molar-refractivity contribution in [1.29, 1.82) is 5.26 Å². The molecule has 2 N–H and O–H groups in total. The predicted molar refractivity (Wildman–Crippen MR) is 75.9 cm³/mol. The summed E-state index contributed by atoms with van der Waals surface area (Å²) in [5.74, 6) is -0.469. The number of aliphatic hydroxyl groups excluding tert-OH is 1. The van der Waals surface area contributed by atoms with Crippen LogP contribution in [0.2, 0.25) is 0 Å². The highest BCUT2D eigenvalue weighted by Crippen LogP contribution is 2.37. The zero-order valence-corrected chi connectivity index (χ0v) is 12.4. The van der Waals surface area contributed by atoms with Gasteiger partial charge in [0.15, 0.2) is 0 Å². The Hall–Kier alpha value is -2.07. The Balaban J connectivity index is 2.01. The predicted octanol–water partition coefficient (Wildman–Crippen LogP) is 2.94. The van der Waals surface area contributed by atoms with Crippen molar-refractivity contribution in [1.82, 2.24) is 5.32 Å². The van der Waals surface area contributed by atoms with Crippen molar-refractivity contribution in [2.24, 2.45) is 5.41 Å². The van der Waals surface area contributed by atoms with Crippen LogP contribution in [0.5, 0.6) is 0 Å². The number of alkyl halides is 3. The number of carbonyl (C=O) groups excluding carboxylic acids is 1. The number of hydrogen-bond donors (Lipinski definition) is 2. The summed E-state index contributed by atoms with van der Waals surface area (Å²) in [6.07, 6.45) is -3.25. The molecule has 0 bridgehead atoms. The van der Waals surface area contributed by atoms with Gasteiger partial charge in [-0.15, -0.1) is 0 Å². The van der Waals surface area contributed by atoms with E-state index in [-0.39, 0.29) is 12.1 Å². The second-order valence-electron chi connectivity index (χ2n) is 5.75. The largest absolute Gasteiger partial charge is 0.416 e. The maximum atomic E-state index is 12.7. The molecule has 1 unspecified atom stereocenters. The van der Waals surface area contributed by atoms with Crippen LogP contribution in [0.1, 0.15) is 42.9 Å². The lowest BCUT2D eigenvalue weighted by atomic mass is 9.87. The highest BCUT2D eigenvalue weighted by Gasteiger charge is 2.41. The molecule has 1 aromatic carbocycles. The molecule has 0 saturated heterocycles. The van der Waals surface area contributed by atoms with Crippen LogP contribution in [-0.4, -0.2) is 17.6 Å². The highest BCUT2D eigenvalue weighted by atomic mass is 19.4. The number of benzene rings is 1. The third kappa shape index (κ3) is 3.82. The summed E-state index contributed by atoms with van der Waals surface area (Å²) in [5.41, 5.74) is -1.87. The first-order chi connectivity index (χ1) is 10.8. The van der Waals surface area contributed by atoms with E-state index < -0.39 is 29.2 Å². The van der Waals surface area contributed by atoms with E-state index in [1.165, 1.54) is 12.1 Å². The first kappa shape index (κ1) is 17.3. The topological polar surface area (TPSA) is 73.1 Å². The summed E-state index contributed by atoms with van der Waals surface area (Å²) >= 11 is 0. The molecular weight excluding hydrogens is 309 g/mol. The zero-order valence-electron chi connectivity index (χ0n) is 12.4. The monoisotopic (exact) mass is 326 g/mol. The molecule has 1 aliphatic rings. The fourth-order valence-electron chi connectivity index (χ4n) is 2.77. The second-order valence-corrected chi connectivity index (χ2v) is 5.75. The molecule has 1 aromatic rings. The van der Waals surface area contributed by atoms with Crippen molar-refractivity contribution in [3.05, 3.63) is 35.4 Å². The number of aliphatic hydroxyl groups is 1. The van der Waals surface area contributed by atoms with Crippen molar-refractivity contribution in [3.8, 4) is 6.07 Å². The van der Waals surface area contributed by atoms with Crippen molar-refractivity contribution in [2.75, 3.05) is 6.54 Å². The van der Waals surface area contributed by atoms with Gasteiger partial charge in [-0.1, -0.05) is 25.0 Å². The maximum absolute atomic E-state index is 12.7. The van der Waals surface area contributed by atoms with Crippen LogP contribution in [0.3, 0.4) is 0 Å². The maximum Gasteiger partial charge on any atom is 0.416 e. The minimum absolute atomic E-state index is 0.0672. The van der Waals surface area contributed by atoms with Gasteiger partial charge in [0.2, 0.25) is 5.91 Å². The first-order valence-electron chi connectivity index (χ1n) is 7.33. The molecule has 0 spiro atoms. The summed E-state index contributed by atoms with van der Waals surface area (Å²) in [4.78, 5) is 12.1. The van der Waals surface area contributed by atoms with Crippen LogP contribution in [0, 0.1) is 16.7 Å². The molecule has 0 heterocycles. The van der Waals surface area contributed by atoms with Gasteiger partial charge in [-0.25, -0.2) is 0 Å². The van der Waals surface area contributed by atoms with E-state index in [1.54, 1.807) is 0 Å². The van der Waals surface area contributed by atoms with Gasteiger partial charge < -0.3 is 10.4 Å². The van der Waals surface area contributed by atoms with Crippen molar-refractivity contribution < 1.29 is 23.1 Å². The average molecular weight is 326 g/mol. The lowest BCUT2D eigenvalue weighted by Crippen LogP contribution is -2.40. The fraction of sp³-hybridized carbons (Fsp3) is 0.500. The lowest BCUT2D eigenvalue weighted by Gasteiger charge is -2.21. The van der Waals surface area contributed by atoms with E-state index in [0.29, 0.717) is 12.8 Å². The van der Waals surface area contributed by atoms with Crippen molar-refractivity contribution in [2.45, 2.75) is 38.0 Å². The molecule has 1 saturated carbocycles.